The Bertz CT molecular complexity index is 592. The molecule has 0 bridgehead atoms. The maximum absolute atomic E-state index is 13.0. The lowest BCUT2D eigenvalue weighted by molar-refractivity contribution is 0.628. The fraction of sp³-hybridized carbons (Fsp3) is 0.429. The summed E-state index contributed by atoms with van der Waals surface area (Å²) in [6, 6.07) is 6.37. The Balaban J connectivity index is 0.00000161. The van der Waals surface area contributed by atoms with Gasteiger partial charge in [-0.3, -0.25) is 4.57 Å². The van der Waals surface area contributed by atoms with Gasteiger partial charge in [0, 0.05) is 32.9 Å². The zero-order valence-electron chi connectivity index (χ0n) is 12.2. The number of rotatable bonds is 3. The van der Waals surface area contributed by atoms with Crippen molar-refractivity contribution in [1.29, 1.82) is 0 Å². The Morgan fingerprint density at radius 1 is 1.10 bits per heavy atom. The van der Waals surface area contributed by atoms with E-state index >= 15 is 0 Å². The average molecular weight is 312 g/mol. The first-order valence-corrected chi connectivity index (χ1v) is 6.80. The summed E-state index contributed by atoms with van der Waals surface area (Å²) in [5.74, 6) is 1.41. The van der Waals surface area contributed by atoms with Crippen LogP contribution in [0, 0.1) is 5.82 Å². The summed E-state index contributed by atoms with van der Waals surface area (Å²) in [5, 5.41) is 8.55. The first-order chi connectivity index (χ1) is 9.66. The minimum absolute atomic E-state index is 0. The lowest BCUT2D eigenvalue weighted by Gasteiger charge is -2.20. The van der Waals surface area contributed by atoms with Gasteiger partial charge in [0.1, 0.15) is 5.82 Å². The normalized spacial score (nSPS) is 14.1. The molecule has 1 fully saturated rings. The average Bonchev–Trinajstić information content (AvgIpc) is 3.08. The van der Waals surface area contributed by atoms with Crippen molar-refractivity contribution in [2.45, 2.75) is 12.8 Å². The van der Waals surface area contributed by atoms with Gasteiger partial charge >= 0.3 is 0 Å². The molecular weight excluding hydrogens is 293 g/mol. The SMILES string of the molecule is CN(c1ccc(F)cc1)c1nnc(N2CCCC2)n1C.Cl. The zero-order chi connectivity index (χ0) is 14.1. The van der Waals surface area contributed by atoms with E-state index in [0.717, 1.165) is 30.7 Å². The number of hydrogen-bond acceptors (Lipinski definition) is 4. The predicted octanol–water partition coefficient (Wildman–Crippen LogP) is 2.74. The molecule has 2 aromatic rings. The number of anilines is 3. The molecule has 0 radical (unpaired) electrons. The third-order valence-corrected chi connectivity index (χ3v) is 3.73. The fourth-order valence-electron chi connectivity index (χ4n) is 2.58. The minimum atomic E-state index is -0.238. The largest absolute Gasteiger partial charge is 0.341 e. The second-order valence-corrected chi connectivity index (χ2v) is 5.09. The van der Waals surface area contributed by atoms with E-state index in [1.807, 2.05) is 23.6 Å². The molecule has 0 amide bonds. The Kier molecular flexibility index (Phi) is 4.67. The van der Waals surface area contributed by atoms with Crippen molar-refractivity contribution in [3.63, 3.8) is 0 Å². The van der Waals surface area contributed by atoms with Crippen molar-refractivity contribution in [2.75, 3.05) is 29.9 Å². The molecule has 0 saturated carbocycles. The van der Waals surface area contributed by atoms with E-state index in [-0.39, 0.29) is 18.2 Å². The van der Waals surface area contributed by atoms with Gasteiger partial charge in [-0.25, -0.2) is 4.39 Å². The van der Waals surface area contributed by atoms with Crippen molar-refractivity contribution >= 4 is 30.0 Å². The van der Waals surface area contributed by atoms with Gasteiger partial charge < -0.3 is 9.80 Å². The van der Waals surface area contributed by atoms with Crippen LogP contribution in [-0.2, 0) is 7.05 Å². The van der Waals surface area contributed by atoms with E-state index in [1.54, 1.807) is 12.1 Å². The molecule has 1 saturated heterocycles. The summed E-state index contributed by atoms with van der Waals surface area (Å²) in [5.41, 5.74) is 0.884. The lowest BCUT2D eigenvalue weighted by atomic mass is 10.3. The molecule has 1 aromatic carbocycles. The number of hydrogen-bond donors (Lipinski definition) is 0. The molecule has 0 aliphatic carbocycles. The van der Waals surface area contributed by atoms with E-state index in [0.29, 0.717) is 0 Å². The van der Waals surface area contributed by atoms with Crippen LogP contribution in [0.5, 0.6) is 0 Å². The molecule has 1 aromatic heterocycles. The number of aromatic nitrogens is 3. The zero-order valence-corrected chi connectivity index (χ0v) is 13.0. The molecule has 0 atom stereocenters. The highest BCUT2D eigenvalue weighted by Gasteiger charge is 2.21. The quantitative estimate of drug-likeness (QED) is 0.873. The van der Waals surface area contributed by atoms with Crippen LogP contribution in [0.1, 0.15) is 12.8 Å². The van der Waals surface area contributed by atoms with Gasteiger partial charge in [-0.05, 0) is 37.1 Å². The standard InChI is InChI=1S/C14H18FN5.ClH/c1-18(12-7-5-11(15)6-8-12)13-16-17-14(19(13)2)20-9-3-4-10-20;/h5-8H,3-4,9-10H2,1-2H3;1H. The van der Waals surface area contributed by atoms with Crippen LogP contribution >= 0.6 is 12.4 Å². The van der Waals surface area contributed by atoms with Crippen LogP contribution in [0.4, 0.5) is 22.0 Å². The second-order valence-electron chi connectivity index (χ2n) is 5.09. The highest BCUT2D eigenvalue weighted by molar-refractivity contribution is 5.85. The molecule has 5 nitrogen and oxygen atoms in total. The Hall–Kier alpha value is -1.82. The third kappa shape index (κ3) is 2.95. The van der Waals surface area contributed by atoms with Crippen molar-refractivity contribution in [3.8, 4) is 0 Å². The summed E-state index contributed by atoms with van der Waals surface area (Å²) < 4.78 is 15.0. The number of nitrogens with zero attached hydrogens (tertiary/aromatic N) is 5. The van der Waals surface area contributed by atoms with Gasteiger partial charge in [0.15, 0.2) is 0 Å². The minimum Gasteiger partial charge on any atom is -0.341 e. The molecule has 0 unspecified atom stereocenters. The Morgan fingerprint density at radius 2 is 1.71 bits per heavy atom. The fourth-order valence-corrected chi connectivity index (χ4v) is 2.58. The lowest BCUT2D eigenvalue weighted by Crippen LogP contribution is -2.22. The maximum Gasteiger partial charge on any atom is 0.232 e. The highest BCUT2D eigenvalue weighted by Crippen LogP contribution is 2.26. The predicted molar refractivity (Wildman–Crippen MR) is 84.2 cm³/mol. The highest BCUT2D eigenvalue weighted by atomic mass is 35.5. The summed E-state index contributed by atoms with van der Waals surface area (Å²) in [7, 11) is 3.87. The molecule has 0 spiro atoms. The van der Waals surface area contributed by atoms with Gasteiger partial charge in [-0.1, -0.05) is 0 Å². The van der Waals surface area contributed by atoms with Gasteiger partial charge in [0.05, 0.1) is 0 Å². The Morgan fingerprint density at radius 3 is 2.33 bits per heavy atom. The third-order valence-electron chi connectivity index (χ3n) is 3.73. The summed E-state index contributed by atoms with van der Waals surface area (Å²) >= 11 is 0. The van der Waals surface area contributed by atoms with Gasteiger partial charge in [-0.15, -0.1) is 22.6 Å². The van der Waals surface area contributed by atoms with E-state index in [9.17, 15) is 4.39 Å². The van der Waals surface area contributed by atoms with Crippen LogP contribution in [-0.4, -0.2) is 34.9 Å². The first-order valence-electron chi connectivity index (χ1n) is 6.80. The summed E-state index contributed by atoms with van der Waals surface area (Å²) in [4.78, 5) is 4.15. The molecule has 114 valence electrons. The molecule has 21 heavy (non-hydrogen) atoms. The molecule has 1 aliphatic rings. The van der Waals surface area contributed by atoms with E-state index in [1.165, 1.54) is 25.0 Å². The summed E-state index contributed by atoms with van der Waals surface area (Å²) in [6.07, 6.45) is 2.41. The van der Waals surface area contributed by atoms with Crippen LogP contribution in [0.15, 0.2) is 24.3 Å². The van der Waals surface area contributed by atoms with E-state index in [4.69, 9.17) is 0 Å². The van der Waals surface area contributed by atoms with Crippen molar-refractivity contribution in [3.05, 3.63) is 30.1 Å². The van der Waals surface area contributed by atoms with Gasteiger partial charge in [-0.2, -0.15) is 0 Å². The Labute approximate surface area is 129 Å². The van der Waals surface area contributed by atoms with Crippen LogP contribution in [0.3, 0.4) is 0 Å². The smallest absolute Gasteiger partial charge is 0.232 e. The molecule has 7 heteroatoms. The van der Waals surface area contributed by atoms with Crippen LogP contribution < -0.4 is 9.80 Å². The van der Waals surface area contributed by atoms with E-state index in [2.05, 4.69) is 15.1 Å². The second kappa shape index (κ2) is 6.30. The molecule has 3 rings (SSSR count). The number of halogens is 2. The molecule has 1 aliphatic heterocycles. The topological polar surface area (TPSA) is 37.2 Å². The molecular formula is C14H19ClFN5. The van der Waals surface area contributed by atoms with Crippen molar-refractivity contribution in [2.24, 2.45) is 7.05 Å². The first kappa shape index (κ1) is 15.6. The molecule has 0 N–H and O–H groups in total. The van der Waals surface area contributed by atoms with Crippen molar-refractivity contribution in [1.82, 2.24) is 14.8 Å². The van der Waals surface area contributed by atoms with E-state index < -0.39 is 0 Å². The van der Waals surface area contributed by atoms with Gasteiger partial charge in [0.25, 0.3) is 0 Å². The maximum atomic E-state index is 13.0. The summed E-state index contributed by atoms with van der Waals surface area (Å²) in [6.45, 7) is 2.07. The monoisotopic (exact) mass is 311 g/mol. The van der Waals surface area contributed by atoms with Gasteiger partial charge in [0.2, 0.25) is 11.9 Å². The van der Waals surface area contributed by atoms with Crippen LogP contribution in [0.2, 0.25) is 0 Å². The number of benzene rings is 1. The van der Waals surface area contributed by atoms with Crippen LogP contribution in [0.25, 0.3) is 0 Å². The van der Waals surface area contributed by atoms with Crippen molar-refractivity contribution < 1.29 is 4.39 Å². The molecule has 2 heterocycles.